The van der Waals surface area contributed by atoms with Gasteiger partial charge in [0.05, 0.1) is 17.3 Å². The minimum Gasteiger partial charge on any atom is -0.493 e. The summed E-state index contributed by atoms with van der Waals surface area (Å²) in [6.07, 6.45) is 1.96. The van der Waals surface area contributed by atoms with E-state index in [0.29, 0.717) is 42.2 Å². The molecule has 0 spiro atoms. The summed E-state index contributed by atoms with van der Waals surface area (Å²) in [5.41, 5.74) is 0.633. The van der Waals surface area contributed by atoms with Crippen LogP contribution in [0.4, 0.5) is 4.39 Å². The Kier molecular flexibility index (Phi) is 5.27. The Labute approximate surface area is 126 Å². The molecule has 21 heavy (non-hydrogen) atoms. The normalized spacial score (nSPS) is 10.6. The smallest absolute Gasteiger partial charge is 0.347 e. The molecular weight excluding hydrogens is 293 g/mol. The number of aryl methyl sites for hydroxylation is 2. The van der Waals surface area contributed by atoms with E-state index in [9.17, 15) is 9.18 Å². The number of carboxylic acid groups (broad SMARTS) is 1. The SMILES string of the molecule is CCc1nc(CCCOc2cccc(F)c2)sc1C(=O)O. The highest BCUT2D eigenvalue weighted by Gasteiger charge is 2.15. The summed E-state index contributed by atoms with van der Waals surface area (Å²) in [6, 6.07) is 5.99. The maximum absolute atomic E-state index is 13.0. The Morgan fingerprint density at radius 1 is 1.48 bits per heavy atom. The number of thiazole rings is 1. The van der Waals surface area contributed by atoms with Crippen LogP contribution < -0.4 is 4.74 Å². The van der Waals surface area contributed by atoms with Crippen molar-refractivity contribution >= 4 is 17.3 Å². The molecule has 0 aliphatic heterocycles. The molecule has 112 valence electrons. The Morgan fingerprint density at radius 2 is 2.29 bits per heavy atom. The summed E-state index contributed by atoms with van der Waals surface area (Å²) in [4.78, 5) is 15.7. The lowest BCUT2D eigenvalue weighted by Crippen LogP contribution is -1.99. The lowest BCUT2D eigenvalue weighted by Gasteiger charge is -2.04. The van der Waals surface area contributed by atoms with Gasteiger partial charge in [-0.05, 0) is 25.0 Å². The van der Waals surface area contributed by atoms with Crippen LogP contribution in [0.25, 0.3) is 0 Å². The average Bonchev–Trinajstić information content (AvgIpc) is 2.87. The first-order chi connectivity index (χ1) is 10.1. The first-order valence-corrected chi connectivity index (χ1v) is 7.52. The lowest BCUT2D eigenvalue weighted by molar-refractivity contribution is 0.0701. The van der Waals surface area contributed by atoms with Crippen molar-refractivity contribution in [2.75, 3.05) is 6.61 Å². The molecule has 1 heterocycles. The number of ether oxygens (including phenoxy) is 1. The van der Waals surface area contributed by atoms with Crippen LogP contribution in [0.3, 0.4) is 0 Å². The molecular formula is C15H16FNO3S. The number of aromatic nitrogens is 1. The summed E-state index contributed by atoms with van der Waals surface area (Å²) >= 11 is 1.21. The van der Waals surface area contributed by atoms with Crippen molar-refractivity contribution in [2.24, 2.45) is 0 Å². The standard InChI is InChI=1S/C15H16FNO3S/c1-2-12-14(15(18)19)21-13(17-12)7-4-8-20-11-6-3-5-10(16)9-11/h3,5-6,9H,2,4,7-8H2,1H3,(H,18,19). The molecule has 1 aromatic carbocycles. The van der Waals surface area contributed by atoms with E-state index in [2.05, 4.69) is 4.98 Å². The van der Waals surface area contributed by atoms with Crippen molar-refractivity contribution in [2.45, 2.75) is 26.2 Å². The number of carboxylic acids is 1. The van der Waals surface area contributed by atoms with Crippen LogP contribution in [0, 0.1) is 5.82 Å². The van der Waals surface area contributed by atoms with Crippen LogP contribution >= 0.6 is 11.3 Å². The number of aromatic carboxylic acids is 1. The van der Waals surface area contributed by atoms with Gasteiger partial charge in [-0.3, -0.25) is 0 Å². The van der Waals surface area contributed by atoms with Crippen LogP contribution in [0.2, 0.25) is 0 Å². The van der Waals surface area contributed by atoms with Gasteiger partial charge in [0.1, 0.15) is 16.4 Å². The van der Waals surface area contributed by atoms with Crippen molar-refractivity contribution in [3.05, 3.63) is 45.7 Å². The van der Waals surface area contributed by atoms with E-state index in [-0.39, 0.29) is 5.82 Å². The number of nitrogens with zero attached hydrogens (tertiary/aromatic N) is 1. The summed E-state index contributed by atoms with van der Waals surface area (Å²) in [5.74, 6) is -0.757. The minimum absolute atomic E-state index is 0.318. The predicted molar refractivity (Wildman–Crippen MR) is 78.7 cm³/mol. The number of hydrogen-bond acceptors (Lipinski definition) is 4. The molecule has 0 amide bonds. The van der Waals surface area contributed by atoms with Crippen LogP contribution in [0.15, 0.2) is 24.3 Å². The van der Waals surface area contributed by atoms with E-state index in [4.69, 9.17) is 9.84 Å². The molecule has 0 fully saturated rings. The molecule has 0 aliphatic carbocycles. The van der Waals surface area contributed by atoms with Gasteiger partial charge in [0, 0.05) is 12.5 Å². The largest absolute Gasteiger partial charge is 0.493 e. The number of carbonyl (C=O) groups is 1. The maximum Gasteiger partial charge on any atom is 0.347 e. The first kappa shape index (κ1) is 15.4. The molecule has 1 N–H and O–H groups in total. The minimum atomic E-state index is -0.924. The van der Waals surface area contributed by atoms with E-state index < -0.39 is 5.97 Å². The maximum atomic E-state index is 13.0. The Balaban J connectivity index is 1.85. The molecule has 2 rings (SSSR count). The monoisotopic (exact) mass is 309 g/mol. The second-order valence-corrected chi connectivity index (χ2v) is 5.54. The van der Waals surface area contributed by atoms with Crippen molar-refractivity contribution in [3.63, 3.8) is 0 Å². The fourth-order valence-electron chi connectivity index (χ4n) is 1.88. The van der Waals surface area contributed by atoms with E-state index >= 15 is 0 Å². The zero-order chi connectivity index (χ0) is 15.2. The molecule has 0 saturated carbocycles. The highest BCUT2D eigenvalue weighted by Crippen LogP contribution is 2.21. The molecule has 0 radical (unpaired) electrons. The van der Waals surface area contributed by atoms with Crippen LogP contribution in [0.1, 0.15) is 33.7 Å². The predicted octanol–water partition coefficient (Wildman–Crippen LogP) is 3.55. The van der Waals surface area contributed by atoms with Crippen molar-refractivity contribution in [1.82, 2.24) is 4.98 Å². The lowest BCUT2D eigenvalue weighted by atomic mass is 10.3. The van der Waals surface area contributed by atoms with Gasteiger partial charge in [-0.2, -0.15) is 0 Å². The van der Waals surface area contributed by atoms with Crippen LogP contribution in [-0.4, -0.2) is 22.7 Å². The summed E-state index contributed by atoms with van der Waals surface area (Å²) < 4.78 is 18.4. The molecule has 0 saturated heterocycles. The van der Waals surface area contributed by atoms with Gasteiger partial charge >= 0.3 is 5.97 Å². The third kappa shape index (κ3) is 4.26. The van der Waals surface area contributed by atoms with Crippen molar-refractivity contribution in [3.8, 4) is 5.75 Å². The molecule has 0 atom stereocenters. The molecule has 4 nitrogen and oxygen atoms in total. The van der Waals surface area contributed by atoms with Gasteiger partial charge in [-0.15, -0.1) is 11.3 Å². The van der Waals surface area contributed by atoms with Crippen LogP contribution in [-0.2, 0) is 12.8 Å². The van der Waals surface area contributed by atoms with Crippen LogP contribution in [0.5, 0.6) is 5.75 Å². The van der Waals surface area contributed by atoms with E-state index in [0.717, 1.165) is 5.01 Å². The zero-order valence-electron chi connectivity index (χ0n) is 11.6. The molecule has 0 bridgehead atoms. The van der Waals surface area contributed by atoms with Gasteiger partial charge in [0.25, 0.3) is 0 Å². The van der Waals surface area contributed by atoms with Crippen molar-refractivity contribution < 1.29 is 19.0 Å². The second kappa shape index (κ2) is 7.17. The fourth-order valence-corrected chi connectivity index (χ4v) is 2.92. The molecule has 0 aliphatic rings. The molecule has 0 unspecified atom stereocenters. The molecule has 2 aromatic rings. The summed E-state index contributed by atoms with van der Waals surface area (Å²) in [5, 5.41) is 9.86. The molecule has 1 aromatic heterocycles. The Hall–Kier alpha value is -1.95. The highest BCUT2D eigenvalue weighted by molar-refractivity contribution is 7.13. The summed E-state index contributed by atoms with van der Waals surface area (Å²) in [6.45, 7) is 2.32. The summed E-state index contributed by atoms with van der Waals surface area (Å²) in [7, 11) is 0. The Bertz CT molecular complexity index is 627. The van der Waals surface area contributed by atoms with E-state index in [1.165, 1.54) is 23.5 Å². The van der Waals surface area contributed by atoms with Gasteiger partial charge in [0.15, 0.2) is 0 Å². The van der Waals surface area contributed by atoms with Crippen molar-refractivity contribution in [1.29, 1.82) is 0 Å². The van der Waals surface area contributed by atoms with Gasteiger partial charge < -0.3 is 9.84 Å². The van der Waals surface area contributed by atoms with Gasteiger partial charge in [-0.25, -0.2) is 14.2 Å². The number of rotatable bonds is 7. The number of halogens is 1. The topological polar surface area (TPSA) is 59.4 Å². The van der Waals surface area contributed by atoms with Gasteiger partial charge in [-0.1, -0.05) is 13.0 Å². The van der Waals surface area contributed by atoms with E-state index in [1.54, 1.807) is 12.1 Å². The molecule has 6 heteroatoms. The zero-order valence-corrected chi connectivity index (χ0v) is 12.5. The highest BCUT2D eigenvalue weighted by atomic mass is 32.1. The number of benzene rings is 1. The second-order valence-electron chi connectivity index (χ2n) is 4.45. The number of hydrogen-bond donors (Lipinski definition) is 1. The fraction of sp³-hybridized carbons (Fsp3) is 0.333. The average molecular weight is 309 g/mol. The first-order valence-electron chi connectivity index (χ1n) is 6.70. The Morgan fingerprint density at radius 3 is 2.90 bits per heavy atom. The third-order valence-electron chi connectivity index (χ3n) is 2.87. The quantitative estimate of drug-likeness (QED) is 0.795. The van der Waals surface area contributed by atoms with Gasteiger partial charge in [0.2, 0.25) is 0 Å². The third-order valence-corrected chi connectivity index (χ3v) is 4.02. The van der Waals surface area contributed by atoms with E-state index in [1.807, 2.05) is 6.92 Å².